The van der Waals surface area contributed by atoms with Gasteiger partial charge >= 0.3 is 0 Å². The Morgan fingerprint density at radius 2 is 2.00 bits per heavy atom. The van der Waals surface area contributed by atoms with Gasteiger partial charge in [0.15, 0.2) is 9.84 Å². The number of hydrogen-bond donors (Lipinski definition) is 2. The number of hydrogen-bond acceptors (Lipinski definition) is 5. The molecule has 1 saturated heterocycles. The molecule has 0 aromatic carbocycles. The molecule has 0 spiro atoms. The summed E-state index contributed by atoms with van der Waals surface area (Å²) < 4.78 is 22.0. The molecule has 1 aliphatic heterocycles. The maximum atomic E-state index is 11.0. The van der Waals surface area contributed by atoms with E-state index >= 15 is 0 Å². The topological polar surface area (TPSA) is 69.6 Å². The summed E-state index contributed by atoms with van der Waals surface area (Å²) in [5.74, 6) is -0.106. The van der Waals surface area contributed by atoms with Crippen molar-refractivity contribution >= 4 is 9.84 Å². The summed E-state index contributed by atoms with van der Waals surface area (Å²) in [6, 6.07) is -0.356. The zero-order valence-corrected chi connectivity index (χ0v) is 8.00. The molecule has 5 nitrogen and oxygen atoms in total. The molecular weight excluding hydrogens is 180 g/mol. The second-order valence-electron chi connectivity index (χ2n) is 3.27. The zero-order chi connectivity index (χ0) is 9.35. The van der Waals surface area contributed by atoms with Crippen LogP contribution in [0.2, 0.25) is 0 Å². The highest BCUT2D eigenvalue weighted by Crippen LogP contribution is 2.12. The summed E-state index contributed by atoms with van der Waals surface area (Å²) in [7, 11) is 0.494. The van der Waals surface area contributed by atoms with Gasteiger partial charge in [-0.1, -0.05) is 0 Å². The quantitative estimate of drug-likeness (QED) is 0.508. The van der Waals surface area contributed by atoms with Gasteiger partial charge in [-0.05, 0) is 0 Å². The van der Waals surface area contributed by atoms with E-state index in [0.717, 1.165) is 0 Å². The Morgan fingerprint density at radius 1 is 1.42 bits per heavy atom. The highest BCUT2D eigenvalue weighted by molar-refractivity contribution is 7.91. The normalized spacial score (nSPS) is 34.3. The van der Waals surface area contributed by atoms with E-state index < -0.39 is 15.9 Å². The smallest absolute Gasteiger partial charge is 0.154 e. The first kappa shape index (κ1) is 9.91. The lowest BCUT2D eigenvalue weighted by Crippen LogP contribution is -2.46. The molecular formula is C6H14N2O3S. The van der Waals surface area contributed by atoms with Crippen LogP contribution in [-0.2, 0) is 9.84 Å². The van der Waals surface area contributed by atoms with Crippen molar-refractivity contribution in [3.8, 4) is 0 Å². The molecule has 0 unspecified atom stereocenters. The van der Waals surface area contributed by atoms with Gasteiger partial charge in [0.1, 0.15) is 0 Å². The Hall–Kier alpha value is -0.170. The fourth-order valence-electron chi connectivity index (χ4n) is 1.28. The van der Waals surface area contributed by atoms with Crippen molar-refractivity contribution in [3.05, 3.63) is 0 Å². The molecule has 0 amide bonds. The Labute approximate surface area is 72.3 Å². The number of hydrazine groups is 1. The molecule has 1 fully saturated rings. The molecule has 1 rings (SSSR count). The third-order valence-corrected chi connectivity index (χ3v) is 3.46. The number of aliphatic hydroxyl groups is 1. The molecule has 0 aromatic rings. The van der Waals surface area contributed by atoms with Gasteiger partial charge in [-0.3, -0.25) is 5.01 Å². The van der Waals surface area contributed by atoms with Crippen molar-refractivity contribution in [1.82, 2.24) is 10.4 Å². The van der Waals surface area contributed by atoms with Crippen LogP contribution in [0.25, 0.3) is 0 Å². The van der Waals surface area contributed by atoms with E-state index in [4.69, 9.17) is 0 Å². The average Bonchev–Trinajstić information content (AvgIpc) is 2.03. The standard InChI is InChI=1S/C6H14N2O3S/c1-8(2)7-5-3-12(10,11)4-6(5)9/h5-7,9H,3-4H2,1-2H3/t5-,6-/m1/s1. The fourth-order valence-corrected chi connectivity index (χ4v) is 3.02. The van der Waals surface area contributed by atoms with Crippen LogP contribution in [0.5, 0.6) is 0 Å². The van der Waals surface area contributed by atoms with Crippen LogP contribution in [0.15, 0.2) is 0 Å². The highest BCUT2D eigenvalue weighted by atomic mass is 32.2. The largest absolute Gasteiger partial charge is 0.390 e. The number of aliphatic hydroxyl groups excluding tert-OH is 1. The lowest BCUT2D eigenvalue weighted by atomic mass is 10.2. The Balaban J connectivity index is 2.58. The molecule has 0 aromatic heterocycles. The number of nitrogens with one attached hydrogen (secondary N) is 1. The van der Waals surface area contributed by atoms with E-state index in [-0.39, 0.29) is 17.5 Å². The summed E-state index contributed by atoms with van der Waals surface area (Å²) in [6.45, 7) is 0. The first-order valence-electron chi connectivity index (χ1n) is 3.73. The van der Waals surface area contributed by atoms with E-state index in [1.54, 1.807) is 19.1 Å². The Kier molecular flexibility index (Phi) is 2.72. The summed E-state index contributed by atoms with van der Waals surface area (Å²) in [6.07, 6.45) is -0.780. The molecule has 0 saturated carbocycles. The maximum Gasteiger partial charge on any atom is 0.154 e. The van der Waals surface area contributed by atoms with Crippen molar-refractivity contribution in [2.24, 2.45) is 0 Å². The second-order valence-corrected chi connectivity index (χ2v) is 5.43. The van der Waals surface area contributed by atoms with Gasteiger partial charge in [-0.25, -0.2) is 13.8 Å². The monoisotopic (exact) mass is 194 g/mol. The minimum atomic E-state index is -3.03. The van der Waals surface area contributed by atoms with Gasteiger partial charge in [-0.2, -0.15) is 0 Å². The molecule has 0 radical (unpaired) electrons. The van der Waals surface area contributed by atoms with Crippen LogP contribution in [-0.4, -0.2) is 56.3 Å². The summed E-state index contributed by atoms with van der Waals surface area (Å²) in [4.78, 5) is 0. The van der Waals surface area contributed by atoms with E-state index in [2.05, 4.69) is 5.43 Å². The molecule has 0 bridgehead atoms. The fraction of sp³-hybridized carbons (Fsp3) is 1.00. The van der Waals surface area contributed by atoms with Crippen molar-refractivity contribution in [2.75, 3.05) is 25.6 Å². The molecule has 72 valence electrons. The van der Waals surface area contributed by atoms with Crippen molar-refractivity contribution in [2.45, 2.75) is 12.1 Å². The predicted molar refractivity (Wildman–Crippen MR) is 45.3 cm³/mol. The average molecular weight is 194 g/mol. The summed E-state index contributed by atoms with van der Waals surface area (Å²) in [5.41, 5.74) is 2.85. The van der Waals surface area contributed by atoms with Gasteiger partial charge < -0.3 is 5.11 Å². The second kappa shape index (κ2) is 3.29. The number of sulfone groups is 1. The molecule has 2 atom stereocenters. The molecule has 0 aliphatic carbocycles. The Bertz CT molecular complexity index is 250. The van der Waals surface area contributed by atoms with Crippen LogP contribution in [0, 0.1) is 0 Å². The van der Waals surface area contributed by atoms with Gasteiger partial charge in [-0.15, -0.1) is 0 Å². The van der Waals surface area contributed by atoms with Gasteiger partial charge in [0, 0.05) is 14.1 Å². The predicted octanol–water partition coefficient (Wildman–Crippen LogP) is -1.79. The molecule has 12 heavy (non-hydrogen) atoms. The van der Waals surface area contributed by atoms with Crippen LogP contribution >= 0.6 is 0 Å². The lowest BCUT2D eigenvalue weighted by molar-refractivity contribution is 0.122. The van der Waals surface area contributed by atoms with Crippen molar-refractivity contribution in [1.29, 1.82) is 0 Å². The van der Waals surface area contributed by atoms with Crippen LogP contribution < -0.4 is 5.43 Å². The van der Waals surface area contributed by atoms with E-state index in [1.807, 2.05) is 0 Å². The van der Waals surface area contributed by atoms with Crippen LogP contribution in [0.1, 0.15) is 0 Å². The Morgan fingerprint density at radius 3 is 2.33 bits per heavy atom. The van der Waals surface area contributed by atoms with Gasteiger partial charge in [0.05, 0.1) is 23.7 Å². The summed E-state index contributed by atoms with van der Waals surface area (Å²) >= 11 is 0. The minimum Gasteiger partial charge on any atom is -0.390 e. The third-order valence-electron chi connectivity index (χ3n) is 1.75. The van der Waals surface area contributed by atoms with Gasteiger partial charge in [0.2, 0.25) is 0 Å². The number of nitrogens with zero attached hydrogens (tertiary/aromatic N) is 1. The van der Waals surface area contributed by atoms with Crippen molar-refractivity contribution in [3.63, 3.8) is 0 Å². The third kappa shape index (κ3) is 2.41. The van der Waals surface area contributed by atoms with Crippen LogP contribution in [0.4, 0.5) is 0 Å². The van der Waals surface area contributed by atoms with E-state index in [0.29, 0.717) is 0 Å². The molecule has 1 aliphatic rings. The molecule has 6 heteroatoms. The minimum absolute atomic E-state index is 0.0202. The zero-order valence-electron chi connectivity index (χ0n) is 7.19. The highest BCUT2D eigenvalue weighted by Gasteiger charge is 2.36. The van der Waals surface area contributed by atoms with Gasteiger partial charge in [0.25, 0.3) is 0 Å². The van der Waals surface area contributed by atoms with Crippen molar-refractivity contribution < 1.29 is 13.5 Å². The molecule has 2 N–H and O–H groups in total. The first-order valence-corrected chi connectivity index (χ1v) is 5.55. The SMILES string of the molecule is CN(C)N[C@@H]1CS(=O)(=O)C[C@H]1O. The van der Waals surface area contributed by atoms with Crippen LogP contribution in [0.3, 0.4) is 0 Å². The summed E-state index contributed by atoms with van der Waals surface area (Å²) in [5, 5.41) is 11.0. The van der Waals surface area contributed by atoms with E-state index in [9.17, 15) is 13.5 Å². The molecule has 1 heterocycles. The van der Waals surface area contributed by atoms with E-state index in [1.165, 1.54) is 0 Å². The lowest BCUT2D eigenvalue weighted by Gasteiger charge is -2.19. The maximum absolute atomic E-state index is 11.0. The number of rotatable bonds is 2. The first-order chi connectivity index (χ1) is 5.41.